The van der Waals surface area contributed by atoms with Gasteiger partial charge in [0.25, 0.3) is 0 Å². The molecule has 1 aliphatic heterocycles. The van der Waals surface area contributed by atoms with Gasteiger partial charge in [-0.15, -0.1) is 0 Å². The quantitative estimate of drug-likeness (QED) is 0.902. The van der Waals surface area contributed by atoms with Gasteiger partial charge in [0.05, 0.1) is 0 Å². The molecule has 0 aromatic heterocycles. The van der Waals surface area contributed by atoms with Gasteiger partial charge in [-0.2, -0.15) is 0 Å². The lowest BCUT2D eigenvalue weighted by atomic mass is 10.1. The van der Waals surface area contributed by atoms with Crippen molar-refractivity contribution in [2.45, 2.75) is 25.4 Å². The van der Waals surface area contributed by atoms with E-state index in [0.29, 0.717) is 12.1 Å². The molecule has 1 N–H and O–H groups in total. The van der Waals surface area contributed by atoms with Crippen molar-refractivity contribution < 1.29 is 0 Å². The molecule has 0 bridgehead atoms. The van der Waals surface area contributed by atoms with Gasteiger partial charge in [0.15, 0.2) is 0 Å². The number of halogens is 1. The fourth-order valence-corrected chi connectivity index (χ4v) is 3.11. The molecule has 0 spiro atoms. The van der Waals surface area contributed by atoms with Crippen LogP contribution in [0.15, 0.2) is 48.5 Å². The van der Waals surface area contributed by atoms with Crippen molar-refractivity contribution in [3.8, 4) is 0 Å². The van der Waals surface area contributed by atoms with E-state index in [4.69, 9.17) is 11.6 Å². The molecule has 2 unspecified atom stereocenters. The van der Waals surface area contributed by atoms with Crippen LogP contribution < -0.4 is 5.32 Å². The zero-order valence-corrected chi connectivity index (χ0v) is 13.3. The third-order valence-electron chi connectivity index (χ3n) is 4.37. The van der Waals surface area contributed by atoms with Crippen molar-refractivity contribution in [2.24, 2.45) is 0 Å². The van der Waals surface area contributed by atoms with E-state index in [1.54, 1.807) is 0 Å². The number of benzene rings is 2. The molecule has 2 aromatic carbocycles. The fourth-order valence-electron chi connectivity index (χ4n) is 2.99. The minimum Gasteiger partial charge on any atom is -0.380 e. The second kappa shape index (κ2) is 6.08. The Morgan fingerprint density at radius 2 is 1.90 bits per heavy atom. The topological polar surface area (TPSA) is 15.3 Å². The van der Waals surface area contributed by atoms with E-state index in [-0.39, 0.29) is 0 Å². The number of hydrogen-bond acceptors (Lipinski definition) is 2. The summed E-state index contributed by atoms with van der Waals surface area (Å²) in [4.78, 5) is 2.40. The Kier molecular flexibility index (Phi) is 4.18. The molecule has 2 nitrogen and oxygen atoms in total. The van der Waals surface area contributed by atoms with Crippen molar-refractivity contribution >= 4 is 17.3 Å². The molecule has 2 atom stereocenters. The molecule has 0 radical (unpaired) electrons. The number of fused-ring (bicyclic) bond motifs is 1. The van der Waals surface area contributed by atoms with Crippen LogP contribution in [0.4, 0.5) is 5.69 Å². The van der Waals surface area contributed by atoms with Crippen LogP contribution in [0.25, 0.3) is 0 Å². The minimum absolute atomic E-state index is 0.382. The maximum atomic E-state index is 5.96. The summed E-state index contributed by atoms with van der Waals surface area (Å²) in [5.74, 6) is 0. The molecule has 3 heteroatoms. The molecule has 0 saturated heterocycles. The van der Waals surface area contributed by atoms with Gasteiger partial charge >= 0.3 is 0 Å². The number of rotatable bonds is 4. The van der Waals surface area contributed by atoms with Crippen LogP contribution in [0, 0.1) is 0 Å². The predicted octanol–water partition coefficient (Wildman–Crippen LogP) is 4.37. The van der Waals surface area contributed by atoms with E-state index < -0.39 is 0 Å². The highest BCUT2D eigenvalue weighted by Crippen LogP contribution is 2.27. The summed E-state index contributed by atoms with van der Waals surface area (Å²) in [6.45, 7) is 3.27. The lowest BCUT2D eigenvalue weighted by molar-refractivity contribution is 0.251. The Morgan fingerprint density at radius 1 is 1.19 bits per heavy atom. The van der Waals surface area contributed by atoms with Gasteiger partial charge in [-0.25, -0.2) is 0 Å². The van der Waals surface area contributed by atoms with Crippen molar-refractivity contribution in [2.75, 3.05) is 18.9 Å². The lowest BCUT2D eigenvalue weighted by Crippen LogP contribution is -2.34. The molecule has 1 aliphatic rings. The Hall–Kier alpha value is -1.51. The average Bonchev–Trinajstić information content (AvgIpc) is 2.89. The molecule has 0 aliphatic carbocycles. The van der Waals surface area contributed by atoms with Gasteiger partial charge in [0.1, 0.15) is 0 Å². The highest BCUT2D eigenvalue weighted by Gasteiger charge is 2.23. The van der Waals surface area contributed by atoms with Crippen LogP contribution in [-0.2, 0) is 6.42 Å². The molecule has 0 fully saturated rings. The first kappa shape index (κ1) is 14.4. The Morgan fingerprint density at radius 3 is 2.62 bits per heavy atom. The first-order chi connectivity index (χ1) is 10.1. The van der Waals surface area contributed by atoms with Gasteiger partial charge in [0.2, 0.25) is 0 Å². The van der Waals surface area contributed by atoms with Crippen molar-refractivity contribution in [1.82, 2.24) is 4.90 Å². The maximum absolute atomic E-state index is 5.96. The molecule has 3 rings (SSSR count). The maximum Gasteiger partial charge on any atom is 0.0429 e. The first-order valence-electron chi connectivity index (χ1n) is 7.43. The molecule has 0 saturated carbocycles. The molecule has 21 heavy (non-hydrogen) atoms. The van der Waals surface area contributed by atoms with Gasteiger partial charge < -0.3 is 5.32 Å². The second-order valence-corrected chi connectivity index (χ2v) is 6.31. The van der Waals surface area contributed by atoms with Crippen LogP contribution in [0.2, 0.25) is 5.02 Å². The van der Waals surface area contributed by atoms with E-state index in [9.17, 15) is 0 Å². The predicted molar refractivity (Wildman–Crippen MR) is 90.1 cm³/mol. The van der Waals surface area contributed by atoms with Crippen LogP contribution in [-0.4, -0.2) is 24.5 Å². The molecule has 110 valence electrons. The van der Waals surface area contributed by atoms with Crippen LogP contribution in [0.5, 0.6) is 0 Å². The SMILES string of the molecule is CC(c1ccc(Cl)cc1)N(C)CC1Cc2ccccc2N1. The van der Waals surface area contributed by atoms with Crippen LogP contribution >= 0.6 is 11.6 Å². The van der Waals surface area contributed by atoms with Gasteiger partial charge in [-0.05, 0) is 49.7 Å². The fraction of sp³-hybridized carbons (Fsp3) is 0.333. The van der Waals surface area contributed by atoms with E-state index in [1.807, 2.05) is 12.1 Å². The minimum atomic E-state index is 0.382. The second-order valence-electron chi connectivity index (χ2n) is 5.87. The summed E-state index contributed by atoms with van der Waals surface area (Å²) in [5.41, 5.74) is 4.02. The molecule has 2 aromatic rings. The standard InChI is InChI=1S/C18H21ClN2/c1-13(14-7-9-16(19)10-8-14)21(2)12-17-11-15-5-3-4-6-18(15)20-17/h3-10,13,17,20H,11-12H2,1-2H3. The monoisotopic (exact) mass is 300 g/mol. The third kappa shape index (κ3) is 3.22. The molecular formula is C18H21ClN2. The molecular weight excluding hydrogens is 280 g/mol. The van der Waals surface area contributed by atoms with Crippen molar-refractivity contribution in [3.63, 3.8) is 0 Å². The Balaban J connectivity index is 1.62. The number of nitrogens with zero attached hydrogens (tertiary/aromatic N) is 1. The van der Waals surface area contributed by atoms with Gasteiger partial charge in [-0.1, -0.05) is 41.9 Å². The van der Waals surface area contributed by atoms with Crippen molar-refractivity contribution in [3.05, 3.63) is 64.7 Å². The number of para-hydroxylation sites is 1. The summed E-state index contributed by atoms with van der Waals surface area (Å²) in [6.07, 6.45) is 1.11. The van der Waals surface area contributed by atoms with Gasteiger partial charge in [-0.3, -0.25) is 4.90 Å². The Bertz CT molecular complexity index is 584. The number of anilines is 1. The normalized spacial score (nSPS) is 18.4. The van der Waals surface area contributed by atoms with E-state index in [1.165, 1.54) is 16.8 Å². The zero-order chi connectivity index (χ0) is 14.8. The van der Waals surface area contributed by atoms with E-state index in [2.05, 4.69) is 60.6 Å². The highest BCUT2D eigenvalue weighted by molar-refractivity contribution is 6.30. The third-order valence-corrected chi connectivity index (χ3v) is 4.62. The van der Waals surface area contributed by atoms with Crippen molar-refractivity contribution in [1.29, 1.82) is 0 Å². The summed E-state index contributed by atoms with van der Waals surface area (Å²) >= 11 is 5.96. The first-order valence-corrected chi connectivity index (χ1v) is 7.81. The lowest BCUT2D eigenvalue weighted by Gasteiger charge is -2.28. The smallest absolute Gasteiger partial charge is 0.0429 e. The zero-order valence-electron chi connectivity index (χ0n) is 12.5. The average molecular weight is 301 g/mol. The Labute approximate surface area is 131 Å². The molecule has 1 heterocycles. The van der Waals surface area contributed by atoms with E-state index >= 15 is 0 Å². The summed E-state index contributed by atoms with van der Waals surface area (Å²) in [6, 6.07) is 17.6. The van der Waals surface area contributed by atoms with Crippen LogP contribution in [0.1, 0.15) is 24.1 Å². The summed E-state index contributed by atoms with van der Waals surface area (Å²) < 4.78 is 0. The van der Waals surface area contributed by atoms with Gasteiger partial charge in [0, 0.05) is 29.3 Å². The number of hydrogen-bond donors (Lipinski definition) is 1. The largest absolute Gasteiger partial charge is 0.380 e. The summed E-state index contributed by atoms with van der Waals surface area (Å²) in [5, 5.41) is 4.41. The number of nitrogens with one attached hydrogen (secondary N) is 1. The number of likely N-dealkylation sites (N-methyl/N-ethyl adjacent to an activating group) is 1. The van der Waals surface area contributed by atoms with E-state index in [0.717, 1.165) is 18.0 Å². The van der Waals surface area contributed by atoms with Crippen LogP contribution in [0.3, 0.4) is 0 Å². The highest BCUT2D eigenvalue weighted by atomic mass is 35.5. The summed E-state index contributed by atoms with van der Waals surface area (Å²) in [7, 11) is 2.18. The molecule has 0 amide bonds.